The van der Waals surface area contributed by atoms with Crippen LogP contribution in [0.2, 0.25) is 0 Å². The zero-order valence-corrected chi connectivity index (χ0v) is 10.8. The van der Waals surface area contributed by atoms with Crippen LogP contribution in [0.1, 0.15) is 6.92 Å². The molecule has 0 radical (unpaired) electrons. The third-order valence-electron chi connectivity index (χ3n) is 2.46. The highest BCUT2D eigenvalue weighted by molar-refractivity contribution is 6.32. The third kappa shape index (κ3) is 2.68. The number of aromatic nitrogens is 3. The van der Waals surface area contributed by atoms with Gasteiger partial charge in [-0.25, -0.2) is 0 Å². The Morgan fingerprint density at radius 1 is 1.50 bits per heavy atom. The zero-order valence-electron chi connectivity index (χ0n) is 10.1. The van der Waals surface area contributed by atoms with Gasteiger partial charge in [0.1, 0.15) is 11.7 Å². The number of halogens is 1. The van der Waals surface area contributed by atoms with Gasteiger partial charge in [0.05, 0.1) is 0 Å². The predicted molar refractivity (Wildman–Crippen MR) is 70.4 cm³/mol. The molecule has 0 saturated heterocycles. The van der Waals surface area contributed by atoms with E-state index in [4.69, 9.17) is 11.6 Å². The van der Waals surface area contributed by atoms with Crippen LogP contribution in [0.25, 0.3) is 11.4 Å². The fourth-order valence-corrected chi connectivity index (χ4v) is 1.58. The fraction of sp³-hybridized carbons (Fsp3) is 0.250. The van der Waals surface area contributed by atoms with E-state index in [1.54, 1.807) is 19.3 Å². The smallest absolute Gasteiger partial charge is 0.242 e. The number of benzene rings is 1. The monoisotopic (exact) mass is 264 g/mol. The molecule has 18 heavy (non-hydrogen) atoms. The van der Waals surface area contributed by atoms with E-state index in [9.17, 15) is 4.79 Å². The highest BCUT2D eigenvalue weighted by Crippen LogP contribution is 2.20. The lowest BCUT2D eigenvalue weighted by molar-refractivity contribution is -0.115. The van der Waals surface area contributed by atoms with Gasteiger partial charge in [-0.1, -0.05) is 12.1 Å². The number of carbonyl (C=O) groups excluding carboxylic acids is 1. The van der Waals surface area contributed by atoms with Crippen molar-refractivity contribution in [2.24, 2.45) is 7.05 Å². The first-order chi connectivity index (χ1) is 8.58. The lowest BCUT2D eigenvalue weighted by Gasteiger charge is -2.08. The summed E-state index contributed by atoms with van der Waals surface area (Å²) in [6.07, 6.45) is 1.63. The van der Waals surface area contributed by atoms with E-state index in [-0.39, 0.29) is 5.91 Å². The number of amides is 1. The number of nitrogens with zero attached hydrogens (tertiary/aromatic N) is 3. The van der Waals surface area contributed by atoms with E-state index in [1.165, 1.54) is 0 Å². The van der Waals surface area contributed by atoms with Gasteiger partial charge in [-0.05, 0) is 19.1 Å². The van der Waals surface area contributed by atoms with Gasteiger partial charge in [-0.15, -0.1) is 21.8 Å². The molecule has 1 amide bonds. The van der Waals surface area contributed by atoms with Crippen molar-refractivity contribution in [2.45, 2.75) is 12.3 Å². The molecule has 0 saturated carbocycles. The molecule has 1 unspecified atom stereocenters. The summed E-state index contributed by atoms with van der Waals surface area (Å²) in [7, 11) is 1.86. The van der Waals surface area contributed by atoms with E-state index in [0.717, 1.165) is 11.4 Å². The van der Waals surface area contributed by atoms with Crippen molar-refractivity contribution < 1.29 is 4.79 Å². The number of alkyl halides is 1. The van der Waals surface area contributed by atoms with Crippen LogP contribution in [0.4, 0.5) is 5.69 Å². The summed E-state index contributed by atoms with van der Waals surface area (Å²) in [6, 6.07) is 7.39. The molecular formula is C12H13ClN4O. The summed E-state index contributed by atoms with van der Waals surface area (Å²) in [5, 5.41) is 10.0. The third-order valence-corrected chi connectivity index (χ3v) is 2.66. The summed E-state index contributed by atoms with van der Waals surface area (Å²) in [4.78, 5) is 11.5. The van der Waals surface area contributed by atoms with Gasteiger partial charge in [0, 0.05) is 18.3 Å². The second-order valence-electron chi connectivity index (χ2n) is 3.95. The topological polar surface area (TPSA) is 59.8 Å². The molecule has 5 nitrogen and oxygen atoms in total. The average Bonchev–Trinajstić information content (AvgIpc) is 2.75. The van der Waals surface area contributed by atoms with Crippen molar-refractivity contribution in [3.63, 3.8) is 0 Å². The van der Waals surface area contributed by atoms with E-state index in [1.807, 2.05) is 29.8 Å². The van der Waals surface area contributed by atoms with Gasteiger partial charge in [-0.3, -0.25) is 4.79 Å². The fourth-order valence-electron chi connectivity index (χ4n) is 1.52. The van der Waals surface area contributed by atoms with Gasteiger partial charge in [0.2, 0.25) is 5.91 Å². The van der Waals surface area contributed by atoms with Crippen molar-refractivity contribution >= 4 is 23.2 Å². The minimum atomic E-state index is -0.566. The Bertz CT molecular complexity index is 565. The summed E-state index contributed by atoms with van der Waals surface area (Å²) < 4.78 is 1.81. The first kappa shape index (κ1) is 12.6. The zero-order chi connectivity index (χ0) is 13.1. The maximum Gasteiger partial charge on any atom is 0.242 e. The molecule has 1 atom stereocenters. The lowest BCUT2D eigenvalue weighted by atomic mass is 10.2. The summed E-state index contributed by atoms with van der Waals surface area (Å²) >= 11 is 5.70. The average molecular weight is 265 g/mol. The van der Waals surface area contributed by atoms with Crippen LogP contribution in [0.3, 0.4) is 0 Å². The van der Waals surface area contributed by atoms with E-state index < -0.39 is 5.38 Å². The quantitative estimate of drug-likeness (QED) is 0.863. The Labute approximate surface area is 110 Å². The predicted octanol–water partition coefficient (Wildman–Crippen LogP) is 2.05. The van der Waals surface area contributed by atoms with Gasteiger partial charge >= 0.3 is 0 Å². The number of aryl methyl sites for hydroxylation is 1. The van der Waals surface area contributed by atoms with Gasteiger partial charge < -0.3 is 9.88 Å². The highest BCUT2D eigenvalue weighted by atomic mass is 35.5. The molecule has 0 spiro atoms. The van der Waals surface area contributed by atoms with Crippen molar-refractivity contribution in [2.75, 3.05) is 5.32 Å². The maximum absolute atomic E-state index is 11.5. The molecule has 1 N–H and O–H groups in total. The molecule has 1 heterocycles. The normalized spacial score (nSPS) is 12.2. The van der Waals surface area contributed by atoms with Gasteiger partial charge in [-0.2, -0.15) is 0 Å². The molecule has 1 aromatic carbocycles. The van der Waals surface area contributed by atoms with Crippen molar-refractivity contribution in [3.8, 4) is 11.4 Å². The molecule has 6 heteroatoms. The SMILES string of the molecule is CC(Cl)C(=O)Nc1cccc(-c2nncn2C)c1. The highest BCUT2D eigenvalue weighted by Gasteiger charge is 2.10. The Hall–Kier alpha value is -1.88. The number of anilines is 1. The number of nitrogens with one attached hydrogen (secondary N) is 1. The standard InChI is InChI=1S/C12H13ClN4O/c1-8(13)12(18)15-10-5-3-4-9(6-10)11-16-14-7-17(11)2/h3-8H,1-2H3,(H,15,18). The summed E-state index contributed by atoms with van der Waals surface area (Å²) in [6.45, 7) is 1.63. The van der Waals surface area contributed by atoms with Crippen molar-refractivity contribution in [1.29, 1.82) is 0 Å². The van der Waals surface area contributed by atoms with E-state index in [2.05, 4.69) is 15.5 Å². The Kier molecular flexibility index (Phi) is 3.62. The largest absolute Gasteiger partial charge is 0.325 e. The minimum Gasteiger partial charge on any atom is -0.325 e. The molecule has 0 aliphatic rings. The second-order valence-corrected chi connectivity index (χ2v) is 4.61. The summed E-state index contributed by atoms with van der Waals surface area (Å²) in [5.41, 5.74) is 1.57. The molecule has 94 valence electrons. The molecule has 2 rings (SSSR count). The first-order valence-electron chi connectivity index (χ1n) is 5.47. The number of carbonyl (C=O) groups is 1. The molecule has 0 aliphatic heterocycles. The van der Waals surface area contributed by atoms with Crippen molar-refractivity contribution in [1.82, 2.24) is 14.8 Å². The van der Waals surface area contributed by atoms with Crippen LogP contribution in [0.15, 0.2) is 30.6 Å². The molecule has 0 aliphatic carbocycles. The maximum atomic E-state index is 11.5. The van der Waals surface area contributed by atoms with Gasteiger partial charge in [0.15, 0.2) is 5.82 Å². The van der Waals surface area contributed by atoms with Crippen molar-refractivity contribution in [3.05, 3.63) is 30.6 Å². The minimum absolute atomic E-state index is 0.230. The lowest BCUT2D eigenvalue weighted by Crippen LogP contribution is -2.20. The molecule has 0 fully saturated rings. The Morgan fingerprint density at radius 3 is 2.89 bits per heavy atom. The number of rotatable bonds is 3. The molecule has 2 aromatic rings. The van der Waals surface area contributed by atoms with Gasteiger partial charge in [0.25, 0.3) is 0 Å². The number of hydrogen-bond acceptors (Lipinski definition) is 3. The van der Waals surface area contributed by atoms with Crippen LogP contribution in [-0.4, -0.2) is 26.0 Å². The second kappa shape index (κ2) is 5.18. The van der Waals surface area contributed by atoms with Crippen LogP contribution < -0.4 is 5.32 Å². The van der Waals surface area contributed by atoms with Crippen LogP contribution in [0.5, 0.6) is 0 Å². The van der Waals surface area contributed by atoms with Crippen LogP contribution in [-0.2, 0) is 11.8 Å². The number of hydrogen-bond donors (Lipinski definition) is 1. The van der Waals surface area contributed by atoms with Crippen LogP contribution in [0, 0.1) is 0 Å². The molecular weight excluding hydrogens is 252 g/mol. The molecule has 1 aromatic heterocycles. The van der Waals surface area contributed by atoms with E-state index >= 15 is 0 Å². The Balaban J connectivity index is 2.26. The van der Waals surface area contributed by atoms with Crippen LogP contribution >= 0.6 is 11.6 Å². The molecule has 0 bridgehead atoms. The van der Waals surface area contributed by atoms with E-state index in [0.29, 0.717) is 5.69 Å². The summed E-state index contributed by atoms with van der Waals surface area (Å²) in [5.74, 6) is 0.511. The Morgan fingerprint density at radius 2 is 2.28 bits per heavy atom. The first-order valence-corrected chi connectivity index (χ1v) is 5.91.